The Kier molecular flexibility index (Phi) is 9.43. The summed E-state index contributed by atoms with van der Waals surface area (Å²) in [4.78, 5) is 24.5. The molecule has 4 aromatic rings. The van der Waals surface area contributed by atoms with E-state index in [0.717, 1.165) is 11.8 Å². The van der Waals surface area contributed by atoms with Gasteiger partial charge >= 0.3 is 0 Å². The second-order valence-corrected chi connectivity index (χ2v) is 10.8. The van der Waals surface area contributed by atoms with Crippen LogP contribution >= 0.6 is 0 Å². The monoisotopic (exact) mass is 574 g/mol. The summed E-state index contributed by atoms with van der Waals surface area (Å²) >= 11 is 0. The summed E-state index contributed by atoms with van der Waals surface area (Å²) in [5, 5.41) is 6.58. The maximum atomic E-state index is 13.0. The Morgan fingerprint density at radius 1 is 0.902 bits per heavy atom. The molecule has 4 rings (SSSR count). The average molecular weight is 575 g/mol. The van der Waals surface area contributed by atoms with E-state index in [1.807, 2.05) is 6.07 Å². The molecule has 0 unspecified atom stereocenters. The summed E-state index contributed by atoms with van der Waals surface area (Å²) in [6, 6.07) is 27.5. The molecular formula is C30H27FN4O5S. The van der Waals surface area contributed by atoms with Crippen LogP contribution in [0.15, 0.2) is 108 Å². The van der Waals surface area contributed by atoms with Gasteiger partial charge in [0.2, 0.25) is 10.0 Å². The van der Waals surface area contributed by atoms with Crippen LogP contribution in [0.3, 0.4) is 0 Å². The van der Waals surface area contributed by atoms with Crippen LogP contribution in [0, 0.1) is 5.82 Å². The van der Waals surface area contributed by atoms with Gasteiger partial charge in [0, 0.05) is 11.3 Å². The van der Waals surface area contributed by atoms with Crippen LogP contribution in [0.25, 0.3) is 0 Å². The fourth-order valence-corrected chi connectivity index (χ4v) is 4.57. The molecule has 0 fully saturated rings. The first-order valence-corrected chi connectivity index (χ1v) is 14.3. The Balaban J connectivity index is 1.26. The first-order chi connectivity index (χ1) is 19.7. The number of nitrogens with one attached hydrogen (secondary N) is 2. The number of benzene rings is 4. The number of ether oxygens (including phenoxy) is 1. The van der Waals surface area contributed by atoms with Crippen LogP contribution in [-0.2, 0) is 21.4 Å². The molecule has 0 radical (unpaired) electrons. The molecule has 0 aliphatic rings. The Bertz CT molecular complexity index is 1610. The normalized spacial score (nSPS) is 11.2. The van der Waals surface area contributed by atoms with Gasteiger partial charge in [-0.15, -0.1) is 0 Å². The number of carbonyl (C=O) groups excluding carboxylic acids is 2. The molecule has 11 heteroatoms. The summed E-state index contributed by atoms with van der Waals surface area (Å²) in [7, 11) is -3.51. The number of rotatable bonds is 11. The highest BCUT2D eigenvalue weighted by Gasteiger charge is 2.17. The summed E-state index contributed by atoms with van der Waals surface area (Å²) in [5.41, 5.74) is 5.24. The lowest BCUT2D eigenvalue weighted by Gasteiger charge is -2.22. The molecule has 2 N–H and O–H groups in total. The van der Waals surface area contributed by atoms with Crippen LogP contribution in [0.4, 0.5) is 15.8 Å². The van der Waals surface area contributed by atoms with Gasteiger partial charge in [0.05, 0.1) is 24.7 Å². The van der Waals surface area contributed by atoms with Gasteiger partial charge in [-0.05, 0) is 83.9 Å². The van der Waals surface area contributed by atoms with Crippen LogP contribution in [0.1, 0.15) is 21.5 Å². The Morgan fingerprint density at radius 3 is 2.20 bits per heavy atom. The van der Waals surface area contributed by atoms with Gasteiger partial charge in [-0.1, -0.05) is 30.3 Å². The largest absolute Gasteiger partial charge is 0.484 e. The van der Waals surface area contributed by atoms with Gasteiger partial charge < -0.3 is 10.1 Å². The highest BCUT2D eigenvalue weighted by Crippen LogP contribution is 2.20. The predicted octanol–water partition coefficient (Wildman–Crippen LogP) is 4.57. The topological polar surface area (TPSA) is 117 Å². The molecule has 0 bridgehead atoms. The van der Waals surface area contributed by atoms with E-state index in [4.69, 9.17) is 4.74 Å². The zero-order chi connectivity index (χ0) is 29.2. The van der Waals surface area contributed by atoms with Gasteiger partial charge in [0.25, 0.3) is 11.8 Å². The maximum Gasteiger partial charge on any atom is 0.271 e. The SMILES string of the molecule is CS(=O)(=O)N(Cc1ccc(C(=O)N/N=C\c2ccc(OCC(=O)Nc3ccc(F)cc3)cc2)cc1)c1ccccc1. The molecule has 0 spiro atoms. The number of nitrogens with zero attached hydrogens (tertiary/aromatic N) is 2. The molecule has 0 atom stereocenters. The maximum absolute atomic E-state index is 13.0. The lowest BCUT2D eigenvalue weighted by molar-refractivity contribution is -0.118. The predicted molar refractivity (Wildman–Crippen MR) is 156 cm³/mol. The number of anilines is 2. The molecule has 9 nitrogen and oxygen atoms in total. The zero-order valence-electron chi connectivity index (χ0n) is 22.0. The van der Waals surface area contributed by atoms with Gasteiger partial charge in [-0.3, -0.25) is 13.9 Å². The lowest BCUT2D eigenvalue weighted by Crippen LogP contribution is -2.29. The Morgan fingerprint density at radius 2 is 1.56 bits per heavy atom. The summed E-state index contributed by atoms with van der Waals surface area (Å²) in [6.45, 7) is -0.0975. The first kappa shape index (κ1) is 29.0. The van der Waals surface area contributed by atoms with Crippen LogP contribution in [0.2, 0.25) is 0 Å². The van der Waals surface area contributed by atoms with Crippen molar-refractivity contribution in [2.75, 3.05) is 22.5 Å². The van der Waals surface area contributed by atoms with Gasteiger partial charge in [0.1, 0.15) is 11.6 Å². The van der Waals surface area contributed by atoms with Crippen molar-refractivity contribution in [2.24, 2.45) is 5.10 Å². The number of sulfonamides is 1. The molecule has 0 heterocycles. The third-order valence-electron chi connectivity index (χ3n) is 5.74. The number of hydrogen-bond acceptors (Lipinski definition) is 6. The van der Waals surface area contributed by atoms with Crippen LogP contribution in [0.5, 0.6) is 5.75 Å². The fraction of sp³-hybridized carbons (Fsp3) is 0.100. The van der Waals surface area contributed by atoms with Crippen molar-refractivity contribution < 1.29 is 27.1 Å². The number of carbonyl (C=O) groups is 2. The Hall–Kier alpha value is -5.03. The fourth-order valence-electron chi connectivity index (χ4n) is 3.68. The van der Waals surface area contributed by atoms with Crippen LogP contribution in [-0.4, -0.2) is 39.3 Å². The third kappa shape index (κ3) is 8.73. The smallest absolute Gasteiger partial charge is 0.271 e. The summed E-state index contributed by atoms with van der Waals surface area (Å²) < 4.78 is 44.3. The number of halogens is 1. The second kappa shape index (κ2) is 13.4. The Labute approximate surface area is 237 Å². The van der Waals surface area contributed by atoms with Crippen molar-refractivity contribution in [2.45, 2.75) is 6.54 Å². The van der Waals surface area contributed by atoms with Crippen molar-refractivity contribution in [1.82, 2.24) is 5.43 Å². The molecular weight excluding hydrogens is 547 g/mol. The van der Waals surface area contributed by atoms with E-state index in [0.29, 0.717) is 28.3 Å². The van der Waals surface area contributed by atoms with E-state index in [-0.39, 0.29) is 19.1 Å². The molecule has 4 aromatic carbocycles. The third-order valence-corrected chi connectivity index (χ3v) is 6.89. The molecule has 41 heavy (non-hydrogen) atoms. The number of hydrazone groups is 1. The number of amides is 2. The van der Waals surface area contributed by atoms with E-state index in [1.54, 1.807) is 72.8 Å². The van der Waals surface area contributed by atoms with Gasteiger partial charge in [-0.25, -0.2) is 18.2 Å². The van der Waals surface area contributed by atoms with Gasteiger partial charge in [-0.2, -0.15) is 5.10 Å². The second-order valence-electron chi connectivity index (χ2n) is 8.91. The molecule has 210 valence electrons. The van der Waals surface area contributed by atoms with Crippen molar-refractivity contribution in [3.05, 3.63) is 126 Å². The van der Waals surface area contributed by atoms with Crippen molar-refractivity contribution in [3.63, 3.8) is 0 Å². The van der Waals surface area contributed by atoms with E-state index >= 15 is 0 Å². The van der Waals surface area contributed by atoms with Gasteiger partial charge in [0.15, 0.2) is 6.61 Å². The summed E-state index contributed by atoms with van der Waals surface area (Å²) in [5.74, 6) is -0.747. The molecule has 0 aromatic heterocycles. The molecule has 2 amide bonds. The summed E-state index contributed by atoms with van der Waals surface area (Å²) in [6.07, 6.45) is 2.61. The molecule has 0 saturated carbocycles. The van der Waals surface area contributed by atoms with E-state index in [9.17, 15) is 22.4 Å². The minimum absolute atomic E-state index is 0.127. The molecule has 0 saturated heterocycles. The van der Waals surface area contributed by atoms with E-state index in [2.05, 4.69) is 15.8 Å². The number of para-hydroxylation sites is 1. The van der Waals surface area contributed by atoms with E-state index < -0.39 is 21.7 Å². The zero-order valence-corrected chi connectivity index (χ0v) is 22.8. The van der Waals surface area contributed by atoms with E-state index in [1.165, 1.54) is 34.8 Å². The minimum atomic E-state index is -3.51. The highest BCUT2D eigenvalue weighted by molar-refractivity contribution is 7.92. The first-order valence-electron chi connectivity index (χ1n) is 12.4. The molecule has 0 aliphatic heterocycles. The van der Waals surface area contributed by atoms with Crippen molar-refractivity contribution in [1.29, 1.82) is 0 Å². The van der Waals surface area contributed by atoms with Crippen molar-refractivity contribution >= 4 is 39.4 Å². The lowest BCUT2D eigenvalue weighted by atomic mass is 10.1. The average Bonchev–Trinajstić information content (AvgIpc) is 2.97. The van der Waals surface area contributed by atoms with Crippen molar-refractivity contribution in [3.8, 4) is 5.75 Å². The van der Waals surface area contributed by atoms with Crippen LogP contribution < -0.4 is 19.8 Å². The molecule has 0 aliphatic carbocycles. The minimum Gasteiger partial charge on any atom is -0.484 e. The highest BCUT2D eigenvalue weighted by atomic mass is 32.2. The quantitative estimate of drug-likeness (QED) is 0.201. The standard InChI is InChI=1S/C30H27FN4O5S/c1-41(38,39)35(27-5-3-2-4-6-27)20-23-7-11-24(12-8-23)30(37)34-32-19-22-9-17-28(18-10-22)40-21-29(36)33-26-15-13-25(31)14-16-26/h2-19H,20-21H2,1H3,(H,33,36)(H,34,37)/b32-19-. The number of hydrogen-bond donors (Lipinski definition) is 2.